The molecule has 2 heterocycles. The van der Waals surface area contributed by atoms with Crippen LogP contribution in [0.15, 0.2) is 52.4 Å². The lowest BCUT2D eigenvalue weighted by atomic mass is 10.2. The summed E-state index contributed by atoms with van der Waals surface area (Å²) in [6, 6.07) is 13.6. The normalized spacial score (nSPS) is 11.4. The Hall–Kier alpha value is -2.77. The molecule has 0 saturated heterocycles. The molecular formula is C22H23N3O3S. The molecule has 0 aliphatic heterocycles. The van der Waals surface area contributed by atoms with Crippen molar-refractivity contribution in [3.63, 3.8) is 0 Å². The third-order valence-corrected chi connectivity index (χ3v) is 5.64. The van der Waals surface area contributed by atoms with Crippen molar-refractivity contribution in [3.8, 4) is 11.4 Å². The molecule has 0 bridgehead atoms. The first kappa shape index (κ1) is 19.5. The number of nitrogens with zero attached hydrogens (tertiary/aromatic N) is 2. The van der Waals surface area contributed by atoms with Crippen molar-refractivity contribution in [2.45, 2.75) is 19.0 Å². The maximum atomic E-state index is 13.6. The van der Waals surface area contributed by atoms with Gasteiger partial charge in [-0.2, -0.15) is 0 Å². The summed E-state index contributed by atoms with van der Waals surface area (Å²) in [5, 5.41) is 1.56. The highest BCUT2D eigenvalue weighted by molar-refractivity contribution is 7.99. The first-order valence-electron chi connectivity index (χ1n) is 9.53. The second-order valence-electron chi connectivity index (χ2n) is 6.65. The van der Waals surface area contributed by atoms with Crippen LogP contribution in [0.3, 0.4) is 0 Å². The Morgan fingerprint density at radius 1 is 1.21 bits per heavy atom. The summed E-state index contributed by atoms with van der Waals surface area (Å²) in [5.41, 5.74) is 3.65. The molecule has 0 fully saturated rings. The summed E-state index contributed by atoms with van der Waals surface area (Å²) >= 11 is 1.51. The van der Waals surface area contributed by atoms with Crippen LogP contribution in [0.2, 0.25) is 0 Å². The van der Waals surface area contributed by atoms with Crippen LogP contribution in [0.25, 0.3) is 27.6 Å². The smallest absolute Gasteiger partial charge is 0.283 e. The highest BCUT2D eigenvalue weighted by atomic mass is 32.2. The molecule has 7 heteroatoms. The molecule has 0 radical (unpaired) electrons. The number of hydrogen-bond donors (Lipinski definition) is 1. The number of aromatic amines is 1. The Bertz CT molecular complexity index is 1230. The second kappa shape index (κ2) is 8.31. The van der Waals surface area contributed by atoms with Gasteiger partial charge >= 0.3 is 0 Å². The number of methoxy groups -OCH3 is 1. The number of para-hydroxylation sites is 1. The van der Waals surface area contributed by atoms with Crippen molar-refractivity contribution >= 4 is 33.7 Å². The summed E-state index contributed by atoms with van der Waals surface area (Å²) in [7, 11) is 1.61. The monoisotopic (exact) mass is 409 g/mol. The van der Waals surface area contributed by atoms with Crippen molar-refractivity contribution in [2.75, 3.05) is 26.1 Å². The minimum Gasteiger partial charge on any atom is -0.495 e. The van der Waals surface area contributed by atoms with Crippen LogP contribution in [-0.2, 0) is 4.74 Å². The molecule has 4 aromatic rings. The van der Waals surface area contributed by atoms with E-state index in [2.05, 4.69) is 4.98 Å². The van der Waals surface area contributed by atoms with Crippen molar-refractivity contribution < 1.29 is 9.47 Å². The summed E-state index contributed by atoms with van der Waals surface area (Å²) < 4.78 is 12.7. The van der Waals surface area contributed by atoms with Crippen molar-refractivity contribution in [1.29, 1.82) is 0 Å². The van der Waals surface area contributed by atoms with Gasteiger partial charge in [0.05, 0.1) is 19.4 Å². The SMILES string of the molecule is CCOCCSc1nc2c([nH]c3ccccc32)c(=O)n1-c1cc(C)ccc1OC. The summed E-state index contributed by atoms with van der Waals surface area (Å²) in [5.74, 6) is 1.32. The maximum Gasteiger partial charge on any atom is 0.283 e. The van der Waals surface area contributed by atoms with Gasteiger partial charge in [0.25, 0.3) is 5.56 Å². The molecular weight excluding hydrogens is 386 g/mol. The lowest BCUT2D eigenvalue weighted by molar-refractivity contribution is 0.164. The number of ether oxygens (including phenoxy) is 2. The minimum absolute atomic E-state index is 0.144. The Labute approximate surface area is 172 Å². The van der Waals surface area contributed by atoms with Gasteiger partial charge in [-0.3, -0.25) is 4.79 Å². The molecule has 2 aromatic carbocycles. The quantitative estimate of drug-likeness (QED) is 0.280. The maximum absolute atomic E-state index is 13.6. The number of hydrogen-bond acceptors (Lipinski definition) is 5. The summed E-state index contributed by atoms with van der Waals surface area (Å²) in [4.78, 5) is 21.7. The molecule has 0 amide bonds. The minimum atomic E-state index is -0.144. The molecule has 150 valence electrons. The number of nitrogens with one attached hydrogen (secondary N) is 1. The Balaban J connectivity index is 1.98. The molecule has 0 unspecified atom stereocenters. The molecule has 0 saturated carbocycles. The van der Waals surface area contributed by atoms with Gasteiger partial charge in [-0.25, -0.2) is 9.55 Å². The van der Waals surface area contributed by atoms with Crippen molar-refractivity contribution in [3.05, 3.63) is 58.4 Å². The summed E-state index contributed by atoms with van der Waals surface area (Å²) in [6.07, 6.45) is 0. The number of thioether (sulfide) groups is 1. The van der Waals surface area contributed by atoms with E-state index >= 15 is 0 Å². The van der Waals surface area contributed by atoms with Gasteiger partial charge in [0.15, 0.2) is 5.16 Å². The van der Waals surface area contributed by atoms with Crippen LogP contribution >= 0.6 is 11.8 Å². The van der Waals surface area contributed by atoms with Crippen LogP contribution in [0, 0.1) is 6.92 Å². The lowest BCUT2D eigenvalue weighted by Gasteiger charge is -2.15. The molecule has 0 aliphatic carbocycles. The Kier molecular flexibility index (Phi) is 5.60. The number of rotatable bonds is 7. The van der Waals surface area contributed by atoms with Gasteiger partial charge < -0.3 is 14.5 Å². The molecule has 2 aromatic heterocycles. The van der Waals surface area contributed by atoms with E-state index in [1.165, 1.54) is 11.8 Å². The van der Waals surface area contributed by atoms with Gasteiger partial charge in [0.1, 0.15) is 16.8 Å². The fourth-order valence-electron chi connectivity index (χ4n) is 3.36. The van der Waals surface area contributed by atoms with E-state index in [4.69, 9.17) is 14.5 Å². The third kappa shape index (κ3) is 3.63. The fourth-order valence-corrected chi connectivity index (χ4v) is 4.21. The zero-order valence-corrected chi connectivity index (χ0v) is 17.5. The molecule has 6 nitrogen and oxygen atoms in total. The average molecular weight is 410 g/mol. The van der Waals surface area contributed by atoms with Gasteiger partial charge in [0.2, 0.25) is 0 Å². The zero-order chi connectivity index (χ0) is 20.4. The van der Waals surface area contributed by atoms with Gasteiger partial charge in [0, 0.05) is 23.3 Å². The number of H-pyrrole nitrogens is 1. The van der Waals surface area contributed by atoms with E-state index in [9.17, 15) is 4.79 Å². The summed E-state index contributed by atoms with van der Waals surface area (Å²) in [6.45, 7) is 5.21. The van der Waals surface area contributed by atoms with Crippen LogP contribution in [0.4, 0.5) is 0 Å². The van der Waals surface area contributed by atoms with E-state index in [0.29, 0.717) is 46.6 Å². The molecule has 1 N–H and O–H groups in total. The molecule has 4 rings (SSSR count). The predicted molar refractivity (Wildman–Crippen MR) is 118 cm³/mol. The second-order valence-corrected chi connectivity index (χ2v) is 7.71. The number of aryl methyl sites for hydroxylation is 1. The van der Waals surface area contributed by atoms with Crippen LogP contribution in [0.1, 0.15) is 12.5 Å². The molecule has 0 spiro atoms. The molecule has 0 aliphatic rings. The third-order valence-electron chi connectivity index (χ3n) is 4.73. The number of aromatic nitrogens is 3. The molecule has 0 atom stereocenters. The van der Waals surface area contributed by atoms with Crippen LogP contribution in [0.5, 0.6) is 5.75 Å². The zero-order valence-electron chi connectivity index (χ0n) is 16.7. The van der Waals surface area contributed by atoms with Gasteiger partial charge in [-0.15, -0.1) is 0 Å². The standard InChI is InChI=1S/C22H23N3O3S/c1-4-28-11-12-29-22-24-19-15-7-5-6-8-16(15)23-20(19)21(26)25(22)17-13-14(2)9-10-18(17)27-3/h5-10,13,23H,4,11-12H2,1-3H3. The van der Waals surface area contributed by atoms with E-state index in [1.807, 2.05) is 56.3 Å². The van der Waals surface area contributed by atoms with E-state index in [-0.39, 0.29) is 5.56 Å². The highest BCUT2D eigenvalue weighted by Crippen LogP contribution is 2.30. The van der Waals surface area contributed by atoms with E-state index < -0.39 is 0 Å². The Morgan fingerprint density at radius 3 is 2.83 bits per heavy atom. The van der Waals surface area contributed by atoms with Crippen molar-refractivity contribution in [1.82, 2.24) is 14.5 Å². The first-order valence-corrected chi connectivity index (χ1v) is 10.5. The average Bonchev–Trinajstić information content (AvgIpc) is 3.10. The lowest BCUT2D eigenvalue weighted by Crippen LogP contribution is -2.22. The van der Waals surface area contributed by atoms with E-state index in [1.54, 1.807) is 11.7 Å². The highest BCUT2D eigenvalue weighted by Gasteiger charge is 2.19. The van der Waals surface area contributed by atoms with Gasteiger partial charge in [-0.1, -0.05) is 36.0 Å². The first-order chi connectivity index (χ1) is 14.1. The van der Waals surface area contributed by atoms with Gasteiger partial charge in [-0.05, 0) is 37.6 Å². The fraction of sp³-hybridized carbons (Fsp3) is 0.273. The topological polar surface area (TPSA) is 69.1 Å². The van der Waals surface area contributed by atoms with Crippen LogP contribution in [-0.4, -0.2) is 40.6 Å². The van der Waals surface area contributed by atoms with Crippen LogP contribution < -0.4 is 10.3 Å². The van der Waals surface area contributed by atoms with Crippen molar-refractivity contribution in [2.24, 2.45) is 0 Å². The molecule has 29 heavy (non-hydrogen) atoms. The van der Waals surface area contributed by atoms with E-state index in [0.717, 1.165) is 16.5 Å². The largest absolute Gasteiger partial charge is 0.495 e. The number of benzene rings is 2. The number of fused-ring (bicyclic) bond motifs is 3. The predicted octanol–water partition coefficient (Wildman–Crippen LogP) is 4.31. The Morgan fingerprint density at radius 2 is 2.03 bits per heavy atom.